The van der Waals surface area contributed by atoms with Crippen LogP contribution in [-0.4, -0.2) is 62.9 Å². The maximum atomic E-state index is 8.87. The van der Waals surface area contributed by atoms with Crippen LogP contribution in [0.25, 0.3) is 16.6 Å². The first-order chi connectivity index (χ1) is 16.7. The minimum absolute atomic E-state index is 0. The number of aromatic nitrogens is 4. The van der Waals surface area contributed by atoms with Gasteiger partial charge in [-0.05, 0) is 67.9 Å². The fourth-order valence-electron chi connectivity index (χ4n) is 3.82. The highest BCUT2D eigenvalue weighted by atomic mass is 35.5. The molecule has 4 heterocycles. The van der Waals surface area contributed by atoms with Crippen LogP contribution in [0.4, 0.5) is 5.69 Å². The molecule has 0 unspecified atom stereocenters. The Kier molecular flexibility index (Phi) is 8.40. The molecule has 0 saturated carbocycles. The van der Waals surface area contributed by atoms with E-state index in [1.165, 1.54) is 0 Å². The first kappa shape index (κ1) is 25.2. The molecule has 9 nitrogen and oxygen atoms in total. The predicted molar refractivity (Wildman–Crippen MR) is 139 cm³/mol. The summed E-state index contributed by atoms with van der Waals surface area (Å²) in [7, 11) is 0. The van der Waals surface area contributed by atoms with Crippen LogP contribution < -0.4 is 5.32 Å². The molecule has 11 heteroatoms. The van der Waals surface area contributed by atoms with E-state index in [9.17, 15) is 0 Å². The maximum absolute atomic E-state index is 8.87. The second-order valence-electron chi connectivity index (χ2n) is 8.07. The van der Waals surface area contributed by atoms with Crippen molar-refractivity contribution in [3.8, 4) is 0 Å². The van der Waals surface area contributed by atoms with Gasteiger partial charge in [0.05, 0.1) is 29.7 Å². The van der Waals surface area contributed by atoms with Gasteiger partial charge in [-0.1, -0.05) is 5.16 Å². The normalized spacial score (nSPS) is 14.7. The Morgan fingerprint density at radius 1 is 1.23 bits per heavy atom. The molecule has 0 aliphatic carbocycles. The fourth-order valence-corrected chi connectivity index (χ4v) is 4.68. The SMILES string of the molecule is CC(=NOCCO)c1ccc2nnc(Sc3ccc4ncc(NC5CCOCC5)cc4c3)n2c1.Cl. The molecular formula is C24H27ClN6O3S. The molecule has 35 heavy (non-hydrogen) atoms. The third-order valence-corrected chi connectivity index (χ3v) is 6.58. The smallest absolute Gasteiger partial charge is 0.200 e. The van der Waals surface area contributed by atoms with Crippen LogP contribution >= 0.6 is 24.2 Å². The number of hydrogen-bond acceptors (Lipinski definition) is 9. The minimum Gasteiger partial charge on any atom is -0.393 e. The zero-order valence-corrected chi connectivity index (χ0v) is 20.9. The summed E-state index contributed by atoms with van der Waals surface area (Å²) in [5.41, 5.74) is 4.32. The third kappa shape index (κ3) is 6.02. The highest BCUT2D eigenvalue weighted by molar-refractivity contribution is 7.99. The van der Waals surface area contributed by atoms with Gasteiger partial charge in [0, 0.05) is 41.3 Å². The number of rotatable bonds is 8. The van der Waals surface area contributed by atoms with Gasteiger partial charge in [-0.25, -0.2) is 0 Å². The summed E-state index contributed by atoms with van der Waals surface area (Å²) in [4.78, 5) is 10.8. The van der Waals surface area contributed by atoms with E-state index in [4.69, 9.17) is 14.7 Å². The van der Waals surface area contributed by atoms with Gasteiger partial charge >= 0.3 is 0 Å². The van der Waals surface area contributed by atoms with E-state index >= 15 is 0 Å². The Morgan fingerprint density at radius 2 is 2.09 bits per heavy atom. The molecule has 0 bridgehead atoms. The summed E-state index contributed by atoms with van der Waals surface area (Å²) in [5, 5.41) is 27.0. The van der Waals surface area contributed by atoms with Crippen molar-refractivity contribution in [2.24, 2.45) is 5.16 Å². The number of anilines is 1. The lowest BCUT2D eigenvalue weighted by Gasteiger charge is -2.24. The van der Waals surface area contributed by atoms with Crippen LogP contribution in [0.2, 0.25) is 0 Å². The van der Waals surface area contributed by atoms with Crippen molar-refractivity contribution in [2.45, 2.75) is 35.9 Å². The molecular weight excluding hydrogens is 488 g/mol. The van der Waals surface area contributed by atoms with Crippen LogP contribution in [0, 0.1) is 0 Å². The van der Waals surface area contributed by atoms with Crippen molar-refractivity contribution in [1.82, 2.24) is 19.6 Å². The molecule has 0 amide bonds. The number of aliphatic hydroxyl groups excluding tert-OH is 1. The van der Waals surface area contributed by atoms with Gasteiger partial charge in [-0.2, -0.15) is 0 Å². The summed E-state index contributed by atoms with van der Waals surface area (Å²) < 4.78 is 7.39. The first-order valence-electron chi connectivity index (χ1n) is 11.2. The van der Waals surface area contributed by atoms with Crippen LogP contribution in [-0.2, 0) is 9.57 Å². The molecule has 3 aromatic heterocycles. The molecule has 1 saturated heterocycles. The van der Waals surface area contributed by atoms with Crippen LogP contribution in [0.1, 0.15) is 25.3 Å². The van der Waals surface area contributed by atoms with Gasteiger partial charge in [-0.15, -0.1) is 22.6 Å². The van der Waals surface area contributed by atoms with Gasteiger partial charge in [0.1, 0.15) is 6.61 Å². The first-order valence-corrected chi connectivity index (χ1v) is 12.1. The van der Waals surface area contributed by atoms with E-state index in [1.807, 2.05) is 48.0 Å². The Hall–Kier alpha value is -2.92. The molecule has 1 fully saturated rings. The number of pyridine rings is 2. The van der Waals surface area contributed by atoms with Crippen molar-refractivity contribution < 1.29 is 14.7 Å². The zero-order valence-electron chi connectivity index (χ0n) is 19.3. The van der Waals surface area contributed by atoms with E-state index in [-0.39, 0.29) is 25.6 Å². The molecule has 0 spiro atoms. The fraction of sp³-hybridized carbons (Fsp3) is 0.333. The van der Waals surface area contributed by atoms with E-state index in [0.29, 0.717) is 11.8 Å². The Bertz CT molecular complexity index is 1330. The lowest BCUT2D eigenvalue weighted by atomic mass is 10.1. The molecule has 5 rings (SSSR count). The van der Waals surface area contributed by atoms with Gasteiger partial charge in [0.15, 0.2) is 10.8 Å². The standard InChI is InChI=1S/C24H26N6O3S.ClH/c1-16(29-33-11-8-31)17-2-5-23-27-28-24(30(23)15-17)34-21-3-4-22-18(13-21)12-20(14-25-22)26-19-6-9-32-10-7-19;/h2-5,12-15,19,26,31H,6-11H2,1H3;1H. The number of nitrogens with one attached hydrogen (secondary N) is 1. The van der Waals surface area contributed by atoms with E-state index < -0.39 is 0 Å². The molecule has 0 radical (unpaired) electrons. The highest BCUT2D eigenvalue weighted by Crippen LogP contribution is 2.30. The molecule has 1 aromatic carbocycles. The van der Waals surface area contributed by atoms with E-state index in [0.717, 1.165) is 63.9 Å². The van der Waals surface area contributed by atoms with E-state index in [1.54, 1.807) is 11.8 Å². The van der Waals surface area contributed by atoms with Gasteiger partial charge in [-0.3, -0.25) is 9.38 Å². The monoisotopic (exact) mass is 514 g/mol. The van der Waals surface area contributed by atoms with Gasteiger partial charge in [0.25, 0.3) is 0 Å². The van der Waals surface area contributed by atoms with Crippen molar-refractivity contribution in [2.75, 3.05) is 31.7 Å². The Balaban J connectivity index is 0.00000289. The zero-order chi connectivity index (χ0) is 23.3. The number of ether oxygens (including phenoxy) is 1. The topological polar surface area (TPSA) is 106 Å². The van der Waals surface area contributed by atoms with Gasteiger partial charge < -0.3 is 20.0 Å². The summed E-state index contributed by atoms with van der Waals surface area (Å²) >= 11 is 1.54. The average Bonchev–Trinajstić information content (AvgIpc) is 3.26. The van der Waals surface area contributed by atoms with Crippen LogP contribution in [0.3, 0.4) is 0 Å². The average molecular weight is 515 g/mol. The number of fused-ring (bicyclic) bond motifs is 2. The number of hydrogen-bond donors (Lipinski definition) is 2. The maximum Gasteiger partial charge on any atom is 0.200 e. The summed E-state index contributed by atoms with van der Waals surface area (Å²) in [6, 6.07) is 12.6. The molecule has 1 aliphatic heterocycles. The molecule has 2 N–H and O–H groups in total. The van der Waals surface area contributed by atoms with Crippen LogP contribution in [0.15, 0.2) is 64.0 Å². The molecule has 0 atom stereocenters. The highest BCUT2D eigenvalue weighted by Gasteiger charge is 2.14. The number of aliphatic hydroxyl groups is 1. The van der Waals surface area contributed by atoms with E-state index in [2.05, 4.69) is 37.8 Å². The van der Waals surface area contributed by atoms with Crippen molar-refractivity contribution in [1.29, 1.82) is 0 Å². The van der Waals surface area contributed by atoms with Crippen molar-refractivity contribution in [3.63, 3.8) is 0 Å². The number of oxime groups is 1. The van der Waals surface area contributed by atoms with Gasteiger partial charge in [0.2, 0.25) is 0 Å². The molecule has 4 aromatic rings. The Morgan fingerprint density at radius 3 is 2.91 bits per heavy atom. The number of nitrogens with zero attached hydrogens (tertiary/aromatic N) is 5. The third-order valence-electron chi connectivity index (χ3n) is 5.63. The summed E-state index contributed by atoms with van der Waals surface area (Å²) in [6.07, 6.45) is 5.85. The molecule has 1 aliphatic rings. The lowest BCUT2D eigenvalue weighted by molar-refractivity contribution is 0.0904. The second-order valence-corrected chi connectivity index (χ2v) is 9.11. The summed E-state index contributed by atoms with van der Waals surface area (Å²) in [6.45, 7) is 3.55. The Labute approximate surface area is 213 Å². The summed E-state index contributed by atoms with van der Waals surface area (Å²) in [5.74, 6) is 0. The second kappa shape index (κ2) is 11.7. The molecule has 184 valence electrons. The van der Waals surface area contributed by atoms with Crippen molar-refractivity contribution >= 4 is 52.1 Å². The largest absolute Gasteiger partial charge is 0.393 e. The van der Waals surface area contributed by atoms with Crippen molar-refractivity contribution in [3.05, 3.63) is 54.4 Å². The van der Waals surface area contributed by atoms with Crippen LogP contribution in [0.5, 0.6) is 0 Å². The quantitative estimate of drug-likeness (QED) is 0.205. The number of benzene rings is 1. The lowest BCUT2D eigenvalue weighted by Crippen LogP contribution is -2.27. The predicted octanol–water partition coefficient (Wildman–Crippen LogP) is 4.17. The number of halogens is 1. The minimum atomic E-state index is -0.0730.